The van der Waals surface area contributed by atoms with Crippen LogP contribution in [0.15, 0.2) is 24.3 Å². The molecule has 0 saturated heterocycles. The number of carbonyl (C=O) groups is 1. The second-order valence-corrected chi connectivity index (χ2v) is 3.03. The maximum Gasteiger partial charge on any atom is 0.244 e. The third kappa shape index (κ3) is 2.19. The van der Waals surface area contributed by atoms with Crippen LogP contribution in [0.25, 0.3) is 0 Å². The van der Waals surface area contributed by atoms with Crippen molar-refractivity contribution in [1.82, 2.24) is 0 Å². The number of hydrogen-bond donors (Lipinski definition) is 0. The zero-order valence-corrected chi connectivity index (χ0v) is 7.44. The van der Waals surface area contributed by atoms with Gasteiger partial charge in [0.15, 0.2) is 0 Å². The van der Waals surface area contributed by atoms with Crippen LogP contribution in [-0.2, 0) is 4.79 Å². The summed E-state index contributed by atoms with van der Waals surface area (Å²) in [5.74, 6) is -0.371. The summed E-state index contributed by atoms with van der Waals surface area (Å²) in [5, 5.41) is -1.56. The normalized spacial score (nSPS) is 12.6. The first-order valence-electron chi connectivity index (χ1n) is 3.20. The average molecular weight is 207 g/mol. The van der Waals surface area contributed by atoms with Gasteiger partial charge in [-0.05, 0) is 29.3 Å². The number of carbonyl (C=O) groups excluding carboxylic acids is 1. The van der Waals surface area contributed by atoms with Crippen LogP contribution in [-0.4, -0.2) is 5.24 Å². The number of alkyl halides is 1. The van der Waals surface area contributed by atoms with Crippen molar-refractivity contribution in [2.24, 2.45) is 0 Å². The highest BCUT2D eigenvalue weighted by Gasteiger charge is 2.14. The largest absolute Gasteiger partial charge is 0.279 e. The third-order valence-corrected chi connectivity index (χ3v) is 2.14. The number of benzene rings is 1. The lowest BCUT2D eigenvalue weighted by atomic mass is 10.1. The molecule has 0 amide bonds. The number of hydrogen-bond acceptors (Lipinski definition) is 1. The lowest BCUT2D eigenvalue weighted by Gasteiger charge is -2.02. The first-order valence-corrected chi connectivity index (χ1v) is 4.01. The molecule has 0 aliphatic rings. The van der Waals surface area contributed by atoms with Crippen LogP contribution in [0, 0.1) is 5.82 Å². The van der Waals surface area contributed by atoms with E-state index in [1.165, 1.54) is 24.3 Å². The van der Waals surface area contributed by atoms with Gasteiger partial charge in [-0.25, -0.2) is 4.39 Å². The fraction of sp³-hybridized carbons (Fsp3) is 0.125. The van der Waals surface area contributed by atoms with Gasteiger partial charge >= 0.3 is 0 Å². The maximum absolute atomic E-state index is 12.4. The predicted molar refractivity (Wildman–Crippen MR) is 45.9 cm³/mol. The van der Waals surface area contributed by atoms with E-state index in [1.54, 1.807) is 0 Å². The Labute approximate surface area is 79.1 Å². The van der Waals surface area contributed by atoms with Crippen molar-refractivity contribution in [2.45, 2.75) is 5.38 Å². The predicted octanol–water partition coefficient (Wildman–Crippen LogP) is 2.87. The number of halogens is 3. The van der Waals surface area contributed by atoms with Gasteiger partial charge in [0.25, 0.3) is 0 Å². The second kappa shape index (κ2) is 3.87. The maximum atomic E-state index is 12.4. The Balaban J connectivity index is 2.89. The Kier molecular flexibility index (Phi) is 3.06. The molecular weight excluding hydrogens is 202 g/mol. The average Bonchev–Trinajstić information content (AvgIpc) is 2.04. The van der Waals surface area contributed by atoms with Crippen LogP contribution in [0.3, 0.4) is 0 Å². The molecule has 1 atom stereocenters. The summed E-state index contributed by atoms with van der Waals surface area (Å²) >= 11 is 10.7. The minimum absolute atomic E-state index is 0.371. The molecule has 0 bridgehead atoms. The zero-order valence-electron chi connectivity index (χ0n) is 5.93. The van der Waals surface area contributed by atoms with E-state index in [9.17, 15) is 9.18 Å². The SMILES string of the molecule is O=C(Cl)[C@H](Cl)c1ccc(F)cc1. The van der Waals surface area contributed by atoms with Gasteiger partial charge < -0.3 is 0 Å². The van der Waals surface area contributed by atoms with Crippen LogP contribution in [0.4, 0.5) is 4.39 Å². The molecule has 0 aliphatic heterocycles. The standard InChI is InChI=1S/C8H5Cl2FO/c9-7(8(10)12)5-1-3-6(11)4-2-5/h1-4,7H/t7-/m1/s1. The van der Waals surface area contributed by atoms with E-state index >= 15 is 0 Å². The topological polar surface area (TPSA) is 17.1 Å². The summed E-state index contributed by atoms with van der Waals surface area (Å²) in [7, 11) is 0. The Hall–Kier alpha value is -0.600. The van der Waals surface area contributed by atoms with Gasteiger partial charge in [-0.1, -0.05) is 12.1 Å². The lowest BCUT2D eigenvalue weighted by molar-refractivity contribution is -0.111. The minimum atomic E-state index is -0.896. The van der Waals surface area contributed by atoms with E-state index in [2.05, 4.69) is 0 Å². The summed E-state index contributed by atoms with van der Waals surface area (Å²) in [5.41, 5.74) is 0.498. The molecule has 0 fully saturated rings. The highest BCUT2D eigenvalue weighted by Crippen LogP contribution is 2.22. The first kappa shape index (κ1) is 9.49. The second-order valence-electron chi connectivity index (χ2n) is 2.22. The number of rotatable bonds is 2. The van der Waals surface area contributed by atoms with Crippen LogP contribution in [0.2, 0.25) is 0 Å². The van der Waals surface area contributed by atoms with E-state index in [1.807, 2.05) is 0 Å². The zero-order chi connectivity index (χ0) is 9.14. The van der Waals surface area contributed by atoms with Gasteiger partial charge in [-0.2, -0.15) is 0 Å². The van der Waals surface area contributed by atoms with Gasteiger partial charge in [-0.15, -0.1) is 11.6 Å². The first-order chi connectivity index (χ1) is 5.61. The molecule has 1 rings (SSSR count). The molecule has 0 N–H and O–H groups in total. The van der Waals surface area contributed by atoms with E-state index in [0.29, 0.717) is 5.56 Å². The van der Waals surface area contributed by atoms with E-state index in [4.69, 9.17) is 23.2 Å². The summed E-state index contributed by atoms with van der Waals surface area (Å²) < 4.78 is 12.4. The van der Waals surface area contributed by atoms with Crippen molar-refractivity contribution in [3.63, 3.8) is 0 Å². The molecular formula is C8H5Cl2FO. The molecule has 64 valence electrons. The molecule has 4 heteroatoms. The molecule has 12 heavy (non-hydrogen) atoms. The molecule has 1 nitrogen and oxygen atoms in total. The summed E-state index contributed by atoms with van der Waals surface area (Å²) in [4.78, 5) is 10.6. The van der Waals surface area contributed by atoms with Crippen molar-refractivity contribution in [1.29, 1.82) is 0 Å². The Morgan fingerprint density at radius 1 is 1.33 bits per heavy atom. The Morgan fingerprint density at radius 3 is 2.25 bits per heavy atom. The third-order valence-electron chi connectivity index (χ3n) is 1.36. The molecule has 1 aromatic rings. The van der Waals surface area contributed by atoms with Crippen molar-refractivity contribution >= 4 is 28.4 Å². The van der Waals surface area contributed by atoms with Crippen LogP contribution < -0.4 is 0 Å². The molecule has 0 aromatic heterocycles. The molecule has 0 spiro atoms. The highest BCUT2D eigenvalue weighted by molar-refractivity contribution is 6.68. The molecule has 1 aromatic carbocycles. The van der Waals surface area contributed by atoms with E-state index < -0.39 is 10.6 Å². The summed E-state index contributed by atoms with van der Waals surface area (Å²) in [6.45, 7) is 0. The Morgan fingerprint density at radius 2 is 1.83 bits per heavy atom. The van der Waals surface area contributed by atoms with Crippen LogP contribution in [0.1, 0.15) is 10.9 Å². The van der Waals surface area contributed by atoms with Gasteiger partial charge in [0.1, 0.15) is 11.2 Å². The monoisotopic (exact) mass is 206 g/mol. The highest BCUT2D eigenvalue weighted by atomic mass is 35.5. The van der Waals surface area contributed by atoms with Gasteiger partial charge in [0.05, 0.1) is 0 Å². The molecule has 0 heterocycles. The minimum Gasteiger partial charge on any atom is -0.279 e. The Bertz CT molecular complexity index is 284. The van der Waals surface area contributed by atoms with Crippen molar-refractivity contribution in [3.05, 3.63) is 35.6 Å². The summed E-state index contributed by atoms with van der Waals surface area (Å²) in [6.07, 6.45) is 0. The van der Waals surface area contributed by atoms with Gasteiger partial charge in [0, 0.05) is 0 Å². The van der Waals surface area contributed by atoms with Crippen LogP contribution >= 0.6 is 23.2 Å². The van der Waals surface area contributed by atoms with E-state index in [-0.39, 0.29) is 5.82 Å². The lowest BCUT2D eigenvalue weighted by Crippen LogP contribution is -1.98. The fourth-order valence-corrected chi connectivity index (χ4v) is 1.03. The molecule has 0 radical (unpaired) electrons. The summed E-state index contributed by atoms with van der Waals surface area (Å²) in [6, 6.07) is 5.30. The fourth-order valence-electron chi connectivity index (χ4n) is 0.763. The van der Waals surface area contributed by atoms with Gasteiger partial charge in [-0.3, -0.25) is 4.79 Å². The smallest absolute Gasteiger partial charge is 0.244 e. The molecule has 0 aliphatic carbocycles. The van der Waals surface area contributed by atoms with Crippen molar-refractivity contribution in [3.8, 4) is 0 Å². The molecule has 0 saturated carbocycles. The molecule has 0 unspecified atom stereocenters. The van der Waals surface area contributed by atoms with E-state index in [0.717, 1.165) is 0 Å². The van der Waals surface area contributed by atoms with Crippen molar-refractivity contribution in [2.75, 3.05) is 0 Å². The quantitative estimate of drug-likeness (QED) is 0.538. The van der Waals surface area contributed by atoms with Gasteiger partial charge in [0.2, 0.25) is 5.24 Å². The van der Waals surface area contributed by atoms with Crippen LogP contribution in [0.5, 0.6) is 0 Å². The van der Waals surface area contributed by atoms with Crippen molar-refractivity contribution < 1.29 is 9.18 Å².